The summed E-state index contributed by atoms with van der Waals surface area (Å²) >= 11 is 0. The molecule has 1 fully saturated rings. The number of pyridine rings is 1. The number of nitrogens with one attached hydrogen (secondary N) is 1. The maximum absolute atomic E-state index is 13.3. The minimum Gasteiger partial charge on any atom is -0.349 e. The Hall–Kier alpha value is -2.23. The van der Waals surface area contributed by atoms with Gasteiger partial charge in [-0.25, -0.2) is 4.39 Å². The van der Waals surface area contributed by atoms with Crippen molar-refractivity contribution >= 4 is 5.91 Å². The van der Waals surface area contributed by atoms with E-state index in [9.17, 15) is 9.18 Å². The van der Waals surface area contributed by atoms with Gasteiger partial charge in [0.1, 0.15) is 5.82 Å². The van der Waals surface area contributed by atoms with E-state index in [1.54, 1.807) is 30.5 Å². The van der Waals surface area contributed by atoms with Crippen LogP contribution in [-0.4, -0.2) is 16.9 Å². The van der Waals surface area contributed by atoms with Gasteiger partial charge in [0.05, 0.1) is 11.3 Å². The van der Waals surface area contributed by atoms with E-state index in [1.807, 2.05) is 0 Å². The molecule has 3 nitrogen and oxygen atoms in total. The Morgan fingerprint density at radius 3 is 2.61 bits per heavy atom. The SMILES string of the molecule is C[C@H]1CC[C@H](NC(=O)c2ccc(-c3cccc(F)c3)nc2)CC1. The zero-order chi connectivity index (χ0) is 16.2. The Morgan fingerprint density at radius 1 is 1.17 bits per heavy atom. The van der Waals surface area contributed by atoms with Crippen LogP contribution in [-0.2, 0) is 0 Å². The lowest BCUT2D eigenvalue weighted by Crippen LogP contribution is -2.37. The van der Waals surface area contributed by atoms with Crippen LogP contribution in [0.15, 0.2) is 42.6 Å². The molecule has 0 spiro atoms. The second-order valence-electron chi connectivity index (χ2n) is 6.37. The van der Waals surface area contributed by atoms with Crippen molar-refractivity contribution in [3.8, 4) is 11.3 Å². The average Bonchev–Trinajstić information content (AvgIpc) is 2.57. The number of amides is 1. The van der Waals surface area contributed by atoms with Crippen LogP contribution in [0.3, 0.4) is 0 Å². The molecule has 0 atom stereocenters. The molecule has 1 aromatic heterocycles. The first-order valence-corrected chi connectivity index (χ1v) is 8.14. The van der Waals surface area contributed by atoms with E-state index in [4.69, 9.17) is 0 Å². The summed E-state index contributed by atoms with van der Waals surface area (Å²) in [7, 11) is 0. The van der Waals surface area contributed by atoms with Gasteiger partial charge in [0.25, 0.3) is 5.91 Å². The Balaban J connectivity index is 1.66. The fourth-order valence-corrected chi connectivity index (χ4v) is 3.02. The minimum atomic E-state index is -0.294. The summed E-state index contributed by atoms with van der Waals surface area (Å²) in [5, 5.41) is 3.09. The van der Waals surface area contributed by atoms with Crippen molar-refractivity contribution in [3.63, 3.8) is 0 Å². The number of hydrogen-bond acceptors (Lipinski definition) is 2. The van der Waals surface area contributed by atoms with Gasteiger partial charge in [-0.3, -0.25) is 9.78 Å². The standard InChI is InChI=1S/C19H21FN2O/c1-13-5-8-17(9-6-13)22-19(23)15-7-10-18(21-12-15)14-3-2-4-16(20)11-14/h2-4,7,10-13,17H,5-6,8-9H2,1H3,(H,22,23)/t13-,17-. The highest BCUT2D eigenvalue weighted by molar-refractivity contribution is 5.94. The molecule has 1 aromatic carbocycles. The molecule has 1 aliphatic rings. The molecule has 1 saturated carbocycles. The fraction of sp³-hybridized carbons (Fsp3) is 0.368. The largest absolute Gasteiger partial charge is 0.349 e. The molecule has 0 aliphatic heterocycles. The Morgan fingerprint density at radius 2 is 1.96 bits per heavy atom. The quantitative estimate of drug-likeness (QED) is 0.923. The second kappa shape index (κ2) is 6.90. The number of carbonyl (C=O) groups excluding carboxylic acids is 1. The van der Waals surface area contributed by atoms with E-state index in [0.29, 0.717) is 16.8 Å². The molecule has 0 unspecified atom stereocenters. The molecule has 1 heterocycles. The zero-order valence-corrected chi connectivity index (χ0v) is 13.3. The summed E-state index contributed by atoms with van der Waals surface area (Å²) in [6, 6.07) is 10.1. The molecule has 120 valence electrons. The van der Waals surface area contributed by atoms with Gasteiger partial charge < -0.3 is 5.32 Å². The Labute approximate surface area is 135 Å². The number of aromatic nitrogens is 1. The fourth-order valence-electron chi connectivity index (χ4n) is 3.02. The number of halogens is 1. The van der Waals surface area contributed by atoms with E-state index in [1.165, 1.54) is 25.0 Å². The average molecular weight is 312 g/mol. The lowest BCUT2D eigenvalue weighted by Gasteiger charge is -2.26. The first kappa shape index (κ1) is 15.7. The van der Waals surface area contributed by atoms with Gasteiger partial charge in [-0.05, 0) is 55.9 Å². The van der Waals surface area contributed by atoms with E-state index in [-0.39, 0.29) is 17.8 Å². The number of benzene rings is 1. The smallest absolute Gasteiger partial charge is 0.253 e. The molecular weight excluding hydrogens is 291 g/mol. The van der Waals surface area contributed by atoms with Crippen molar-refractivity contribution in [2.75, 3.05) is 0 Å². The molecule has 1 N–H and O–H groups in total. The zero-order valence-electron chi connectivity index (χ0n) is 13.3. The highest BCUT2D eigenvalue weighted by Gasteiger charge is 2.20. The molecule has 0 bridgehead atoms. The molecule has 2 aromatic rings. The van der Waals surface area contributed by atoms with Crippen LogP contribution < -0.4 is 5.32 Å². The van der Waals surface area contributed by atoms with Crippen LogP contribution in [0.25, 0.3) is 11.3 Å². The van der Waals surface area contributed by atoms with E-state index in [2.05, 4.69) is 17.2 Å². The van der Waals surface area contributed by atoms with Crippen molar-refractivity contribution in [2.24, 2.45) is 5.92 Å². The Kier molecular flexibility index (Phi) is 4.70. The van der Waals surface area contributed by atoms with Gasteiger partial charge in [0, 0.05) is 17.8 Å². The molecule has 1 amide bonds. The highest BCUT2D eigenvalue weighted by Crippen LogP contribution is 2.24. The van der Waals surface area contributed by atoms with Crippen LogP contribution in [0.5, 0.6) is 0 Å². The highest BCUT2D eigenvalue weighted by atomic mass is 19.1. The second-order valence-corrected chi connectivity index (χ2v) is 6.37. The van der Waals surface area contributed by atoms with E-state index < -0.39 is 0 Å². The molecule has 3 rings (SSSR count). The van der Waals surface area contributed by atoms with Crippen LogP contribution in [0, 0.1) is 11.7 Å². The third kappa shape index (κ3) is 3.95. The summed E-state index contributed by atoms with van der Waals surface area (Å²) in [4.78, 5) is 16.6. The van der Waals surface area contributed by atoms with Gasteiger partial charge >= 0.3 is 0 Å². The predicted octanol–water partition coefficient (Wildman–Crippen LogP) is 4.20. The van der Waals surface area contributed by atoms with Gasteiger partial charge in [-0.2, -0.15) is 0 Å². The third-order valence-corrected chi connectivity index (χ3v) is 4.50. The van der Waals surface area contributed by atoms with E-state index in [0.717, 1.165) is 18.8 Å². The van der Waals surface area contributed by atoms with Crippen LogP contribution in [0.2, 0.25) is 0 Å². The van der Waals surface area contributed by atoms with Gasteiger partial charge in [0.15, 0.2) is 0 Å². The first-order valence-electron chi connectivity index (χ1n) is 8.14. The Bertz CT molecular complexity index is 676. The number of carbonyl (C=O) groups is 1. The molecular formula is C19H21FN2O. The number of nitrogens with zero attached hydrogens (tertiary/aromatic N) is 1. The van der Waals surface area contributed by atoms with Crippen molar-refractivity contribution < 1.29 is 9.18 Å². The maximum Gasteiger partial charge on any atom is 0.253 e. The van der Waals surface area contributed by atoms with Crippen LogP contribution in [0.4, 0.5) is 4.39 Å². The lowest BCUT2D eigenvalue weighted by atomic mass is 9.87. The summed E-state index contributed by atoms with van der Waals surface area (Å²) in [6.45, 7) is 2.26. The summed E-state index contributed by atoms with van der Waals surface area (Å²) in [5.74, 6) is 0.385. The summed E-state index contributed by atoms with van der Waals surface area (Å²) in [5.41, 5.74) is 1.91. The van der Waals surface area contributed by atoms with Crippen LogP contribution in [0.1, 0.15) is 43.0 Å². The summed E-state index contributed by atoms with van der Waals surface area (Å²) < 4.78 is 13.3. The van der Waals surface area contributed by atoms with Crippen molar-refractivity contribution in [1.82, 2.24) is 10.3 Å². The summed E-state index contributed by atoms with van der Waals surface area (Å²) in [6.07, 6.45) is 5.98. The van der Waals surface area contributed by atoms with Gasteiger partial charge in [-0.1, -0.05) is 19.1 Å². The molecule has 1 aliphatic carbocycles. The molecule has 23 heavy (non-hydrogen) atoms. The monoisotopic (exact) mass is 312 g/mol. The van der Waals surface area contributed by atoms with E-state index >= 15 is 0 Å². The molecule has 0 radical (unpaired) electrons. The number of rotatable bonds is 3. The lowest BCUT2D eigenvalue weighted by molar-refractivity contribution is 0.0922. The minimum absolute atomic E-state index is 0.0807. The predicted molar refractivity (Wildman–Crippen MR) is 88.5 cm³/mol. The van der Waals surface area contributed by atoms with Gasteiger partial charge in [-0.15, -0.1) is 0 Å². The van der Waals surface area contributed by atoms with Crippen molar-refractivity contribution in [1.29, 1.82) is 0 Å². The topological polar surface area (TPSA) is 42.0 Å². The normalized spacial score (nSPS) is 21.0. The van der Waals surface area contributed by atoms with Gasteiger partial charge in [0.2, 0.25) is 0 Å². The van der Waals surface area contributed by atoms with Crippen molar-refractivity contribution in [2.45, 2.75) is 38.6 Å². The molecule has 0 saturated heterocycles. The van der Waals surface area contributed by atoms with Crippen molar-refractivity contribution in [3.05, 3.63) is 54.0 Å². The maximum atomic E-state index is 13.3. The third-order valence-electron chi connectivity index (χ3n) is 4.50. The van der Waals surface area contributed by atoms with Crippen LogP contribution >= 0.6 is 0 Å². The number of hydrogen-bond donors (Lipinski definition) is 1. The molecule has 4 heteroatoms. The first-order chi connectivity index (χ1) is 11.1.